The molecule has 2 rings (SSSR count). The number of hydrogen-bond donors (Lipinski definition) is 1. The zero-order chi connectivity index (χ0) is 14.5. The molecule has 0 spiro atoms. The van der Waals surface area contributed by atoms with Gasteiger partial charge < -0.3 is 9.88 Å². The lowest BCUT2D eigenvalue weighted by Crippen LogP contribution is -2.30. The first-order valence-corrected chi connectivity index (χ1v) is 7.55. The van der Waals surface area contributed by atoms with Crippen molar-refractivity contribution in [3.63, 3.8) is 0 Å². The summed E-state index contributed by atoms with van der Waals surface area (Å²) in [5.74, 6) is 0.0368. The summed E-state index contributed by atoms with van der Waals surface area (Å²) in [7, 11) is 0. The molecule has 4 nitrogen and oxygen atoms in total. The van der Waals surface area contributed by atoms with Gasteiger partial charge >= 0.3 is 0 Å². The van der Waals surface area contributed by atoms with Crippen molar-refractivity contribution in [3.8, 4) is 0 Å². The first-order chi connectivity index (χ1) is 9.67. The van der Waals surface area contributed by atoms with E-state index in [4.69, 9.17) is 0 Å². The summed E-state index contributed by atoms with van der Waals surface area (Å²) in [5.41, 5.74) is 2.01. The van der Waals surface area contributed by atoms with E-state index in [0.717, 1.165) is 16.2 Å². The van der Waals surface area contributed by atoms with Gasteiger partial charge in [0, 0.05) is 13.1 Å². The van der Waals surface area contributed by atoms with Gasteiger partial charge in [-0.3, -0.25) is 4.79 Å². The highest BCUT2D eigenvalue weighted by molar-refractivity contribution is 8.00. The quantitative estimate of drug-likeness (QED) is 0.657. The first-order valence-electron chi connectivity index (χ1n) is 6.68. The fourth-order valence-corrected chi connectivity index (χ4v) is 2.94. The van der Waals surface area contributed by atoms with Gasteiger partial charge in [0.25, 0.3) is 0 Å². The van der Waals surface area contributed by atoms with E-state index in [1.807, 2.05) is 44.2 Å². The fraction of sp³-hybridized carbons (Fsp3) is 0.333. The van der Waals surface area contributed by atoms with E-state index in [1.165, 1.54) is 11.8 Å². The SMILES string of the molecule is C=CCn1c(S[C@H](C)C(=O)NCC)nc2ccccc21. The second-order valence-corrected chi connectivity index (χ2v) is 5.74. The Hall–Kier alpha value is -1.75. The summed E-state index contributed by atoms with van der Waals surface area (Å²) < 4.78 is 2.09. The Kier molecular flexibility index (Phi) is 4.84. The largest absolute Gasteiger partial charge is 0.355 e. The van der Waals surface area contributed by atoms with E-state index in [0.29, 0.717) is 13.1 Å². The lowest BCUT2D eigenvalue weighted by atomic mass is 10.3. The highest BCUT2D eigenvalue weighted by Gasteiger charge is 2.18. The molecule has 0 saturated carbocycles. The molecular formula is C15H19N3OS. The topological polar surface area (TPSA) is 46.9 Å². The van der Waals surface area contributed by atoms with Crippen LogP contribution in [-0.4, -0.2) is 27.3 Å². The number of rotatable bonds is 6. The van der Waals surface area contributed by atoms with Gasteiger partial charge in [-0.05, 0) is 26.0 Å². The molecule has 1 atom stereocenters. The van der Waals surface area contributed by atoms with E-state index in [1.54, 1.807) is 0 Å². The number of allylic oxidation sites excluding steroid dienone is 1. The molecule has 1 N–H and O–H groups in total. The molecule has 1 aromatic heterocycles. The average Bonchev–Trinajstić information content (AvgIpc) is 2.78. The van der Waals surface area contributed by atoms with Gasteiger partial charge in [-0.2, -0.15) is 0 Å². The normalized spacial score (nSPS) is 12.3. The molecule has 0 bridgehead atoms. The lowest BCUT2D eigenvalue weighted by Gasteiger charge is -2.11. The Bertz CT molecular complexity index is 621. The Balaban J connectivity index is 2.31. The van der Waals surface area contributed by atoms with Gasteiger partial charge in [0.1, 0.15) is 0 Å². The van der Waals surface area contributed by atoms with E-state index in [-0.39, 0.29) is 11.2 Å². The van der Waals surface area contributed by atoms with Crippen molar-refractivity contribution in [1.82, 2.24) is 14.9 Å². The maximum Gasteiger partial charge on any atom is 0.233 e. The fourth-order valence-electron chi connectivity index (χ4n) is 1.98. The number of carbonyl (C=O) groups is 1. The zero-order valence-electron chi connectivity index (χ0n) is 11.8. The van der Waals surface area contributed by atoms with Crippen LogP contribution < -0.4 is 5.32 Å². The van der Waals surface area contributed by atoms with Gasteiger partial charge in [-0.15, -0.1) is 6.58 Å². The van der Waals surface area contributed by atoms with Crippen LogP contribution >= 0.6 is 11.8 Å². The van der Waals surface area contributed by atoms with Crippen LogP contribution in [-0.2, 0) is 11.3 Å². The Morgan fingerprint density at radius 1 is 1.55 bits per heavy atom. The van der Waals surface area contributed by atoms with Gasteiger partial charge in [-0.1, -0.05) is 30.0 Å². The predicted molar refractivity (Wildman–Crippen MR) is 83.9 cm³/mol. The van der Waals surface area contributed by atoms with Crippen molar-refractivity contribution in [2.45, 2.75) is 30.8 Å². The van der Waals surface area contributed by atoms with Crippen molar-refractivity contribution in [1.29, 1.82) is 0 Å². The Morgan fingerprint density at radius 2 is 2.30 bits per heavy atom. The standard InChI is InChI=1S/C15H19N3OS/c1-4-10-18-13-9-7-6-8-12(13)17-15(18)20-11(3)14(19)16-5-2/h4,6-9,11H,1,5,10H2,2-3H3,(H,16,19)/t11-/m1/s1. The summed E-state index contributed by atoms with van der Waals surface area (Å²) in [6.45, 7) is 8.94. The van der Waals surface area contributed by atoms with Crippen molar-refractivity contribution in [2.24, 2.45) is 0 Å². The number of imidazole rings is 1. The Morgan fingerprint density at radius 3 is 3.00 bits per heavy atom. The van der Waals surface area contributed by atoms with E-state index in [9.17, 15) is 4.79 Å². The molecule has 1 heterocycles. The summed E-state index contributed by atoms with van der Waals surface area (Å²) in [5, 5.41) is 3.51. The lowest BCUT2D eigenvalue weighted by molar-refractivity contribution is -0.120. The Labute approximate surface area is 123 Å². The van der Waals surface area contributed by atoms with Gasteiger partial charge in [-0.25, -0.2) is 4.98 Å². The summed E-state index contributed by atoms with van der Waals surface area (Å²) in [6.07, 6.45) is 1.84. The molecule has 0 radical (unpaired) electrons. The zero-order valence-corrected chi connectivity index (χ0v) is 12.6. The van der Waals surface area contributed by atoms with Crippen LogP contribution in [0.2, 0.25) is 0 Å². The number of nitrogens with zero attached hydrogens (tertiary/aromatic N) is 2. The van der Waals surface area contributed by atoms with E-state index < -0.39 is 0 Å². The molecule has 0 unspecified atom stereocenters. The second kappa shape index (κ2) is 6.61. The van der Waals surface area contributed by atoms with Crippen LogP contribution in [0.3, 0.4) is 0 Å². The first kappa shape index (κ1) is 14.7. The van der Waals surface area contributed by atoms with E-state index >= 15 is 0 Å². The van der Waals surface area contributed by atoms with Crippen LogP contribution in [0.1, 0.15) is 13.8 Å². The maximum absolute atomic E-state index is 11.8. The molecule has 20 heavy (non-hydrogen) atoms. The number of fused-ring (bicyclic) bond motifs is 1. The molecule has 0 aliphatic heterocycles. The van der Waals surface area contributed by atoms with Crippen LogP contribution in [0.4, 0.5) is 0 Å². The third-order valence-corrected chi connectivity index (χ3v) is 4.02. The highest BCUT2D eigenvalue weighted by Crippen LogP contribution is 2.27. The number of benzene rings is 1. The van der Waals surface area contributed by atoms with Crippen LogP contribution in [0.25, 0.3) is 11.0 Å². The number of amides is 1. The summed E-state index contributed by atoms with van der Waals surface area (Å²) in [4.78, 5) is 16.5. The van der Waals surface area contributed by atoms with Gasteiger partial charge in [0.05, 0.1) is 16.3 Å². The minimum absolute atomic E-state index is 0.0368. The monoisotopic (exact) mass is 289 g/mol. The van der Waals surface area contributed by atoms with Gasteiger partial charge in [0.2, 0.25) is 5.91 Å². The number of nitrogens with one attached hydrogen (secondary N) is 1. The van der Waals surface area contributed by atoms with Crippen molar-refractivity contribution in [3.05, 3.63) is 36.9 Å². The highest BCUT2D eigenvalue weighted by atomic mass is 32.2. The van der Waals surface area contributed by atoms with Crippen molar-refractivity contribution < 1.29 is 4.79 Å². The third kappa shape index (κ3) is 3.04. The number of carbonyl (C=O) groups excluding carboxylic acids is 1. The smallest absolute Gasteiger partial charge is 0.233 e. The van der Waals surface area contributed by atoms with Crippen LogP contribution in [0.15, 0.2) is 42.1 Å². The molecule has 5 heteroatoms. The van der Waals surface area contributed by atoms with Crippen LogP contribution in [0.5, 0.6) is 0 Å². The summed E-state index contributed by atoms with van der Waals surface area (Å²) in [6, 6.07) is 7.98. The van der Waals surface area contributed by atoms with Gasteiger partial charge in [0.15, 0.2) is 5.16 Å². The number of thioether (sulfide) groups is 1. The minimum Gasteiger partial charge on any atom is -0.355 e. The molecule has 1 aromatic carbocycles. The molecule has 106 valence electrons. The molecule has 0 aliphatic carbocycles. The predicted octanol–water partition coefficient (Wildman–Crippen LogP) is 2.84. The molecular weight excluding hydrogens is 270 g/mol. The van der Waals surface area contributed by atoms with E-state index in [2.05, 4.69) is 21.4 Å². The maximum atomic E-state index is 11.8. The number of para-hydroxylation sites is 2. The molecule has 0 fully saturated rings. The summed E-state index contributed by atoms with van der Waals surface area (Å²) >= 11 is 1.48. The second-order valence-electron chi connectivity index (χ2n) is 4.44. The molecule has 0 aliphatic rings. The average molecular weight is 289 g/mol. The van der Waals surface area contributed by atoms with Crippen molar-refractivity contribution in [2.75, 3.05) is 6.54 Å². The number of hydrogen-bond acceptors (Lipinski definition) is 3. The molecule has 2 aromatic rings. The number of aromatic nitrogens is 2. The minimum atomic E-state index is -0.171. The van der Waals surface area contributed by atoms with Crippen LogP contribution in [0, 0.1) is 0 Å². The third-order valence-electron chi connectivity index (χ3n) is 2.93. The molecule has 1 amide bonds. The van der Waals surface area contributed by atoms with Crippen molar-refractivity contribution >= 4 is 28.7 Å². The molecule has 0 saturated heterocycles.